The monoisotopic (exact) mass is 274 g/mol. The van der Waals surface area contributed by atoms with Gasteiger partial charge < -0.3 is 10.5 Å². The number of hydrogen-bond acceptors (Lipinski definition) is 3. The molecule has 0 spiro atoms. The van der Waals surface area contributed by atoms with E-state index >= 15 is 0 Å². The Hall–Kier alpha value is -1.06. The van der Waals surface area contributed by atoms with E-state index in [2.05, 4.69) is 23.1 Å². The molecular weight excluding hydrogens is 248 g/mol. The molecule has 1 atom stereocenters. The number of aryl methyl sites for hydroxylation is 1. The predicted molar refractivity (Wildman–Crippen MR) is 82.1 cm³/mol. The van der Waals surface area contributed by atoms with Gasteiger partial charge in [0.05, 0.1) is 6.61 Å². The minimum Gasteiger partial charge on any atom is -0.494 e. The molecule has 1 aromatic carbocycles. The van der Waals surface area contributed by atoms with Gasteiger partial charge in [-0.05, 0) is 75.0 Å². The Morgan fingerprint density at radius 3 is 2.85 bits per heavy atom. The number of rotatable bonds is 5. The predicted octanol–water partition coefficient (Wildman–Crippen LogP) is 2.89. The standard InChI is InChI=1S/C17H26N2O/c18-9-4-12-20-15-6-7-16-14(13-15)5-8-17(16)19-10-2-1-3-11-19/h6-7,13,17H,1-5,8-12,18H2. The third-order valence-electron chi connectivity index (χ3n) is 4.61. The number of nitrogens with zero attached hydrogens (tertiary/aromatic N) is 1. The van der Waals surface area contributed by atoms with E-state index in [1.807, 2.05) is 0 Å². The molecule has 1 heterocycles. The zero-order chi connectivity index (χ0) is 13.8. The van der Waals surface area contributed by atoms with Crippen LogP contribution in [0.4, 0.5) is 0 Å². The summed E-state index contributed by atoms with van der Waals surface area (Å²) in [6, 6.07) is 7.33. The summed E-state index contributed by atoms with van der Waals surface area (Å²) in [5.74, 6) is 1.01. The lowest BCUT2D eigenvalue weighted by atomic mass is 10.0. The van der Waals surface area contributed by atoms with E-state index in [1.165, 1.54) is 56.3 Å². The average molecular weight is 274 g/mol. The number of benzene rings is 1. The number of hydrogen-bond donors (Lipinski definition) is 1. The van der Waals surface area contributed by atoms with Crippen molar-refractivity contribution in [2.24, 2.45) is 5.73 Å². The first kappa shape index (κ1) is 13.9. The van der Waals surface area contributed by atoms with E-state index in [0.29, 0.717) is 12.6 Å². The van der Waals surface area contributed by atoms with E-state index in [4.69, 9.17) is 10.5 Å². The van der Waals surface area contributed by atoms with Crippen molar-refractivity contribution in [2.75, 3.05) is 26.2 Å². The van der Waals surface area contributed by atoms with Crippen molar-refractivity contribution in [3.8, 4) is 5.75 Å². The van der Waals surface area contributed by atoms with Crippen molar-refractivity contribution >= 4 is 0 Å². The Labute approximate surface area is 122 Å². The molecule has 0 bridgehead atoms. The summed E-state index contributed by atoms with van der Waals surface area (Å²) in [6.45, 7) is 3.98. The first-order chi connectivity index (χ1) is 9.88. The van der Waals surface area contributed by atoms with Crippen LogP contribution < -0.4 is 10.5 Å². The van der Waals surface area contributed by atoms with Crippen LogP contribution in [0.5, 0.6) is 5.75 Å². The minimum absolute atomic E-state index is 0.656. The number of fused-ring (bicyclic) bond motifs is 1. The normalized spacial score (nSPS) is 22.8. The summed E-state index contributed by atoms with van der Waals surface area (Å²) in [5, 5.41) is 0. The van der Waals surface area contributed by atoms with Gasteiger partial charge in [-0.25, -0.2) is 0 Å². The summed E-state index contributed by atoms with van der Waals surface area (Å²) in [4.78, 5) is 2.68. The van der Waals surface area contributed by atoms with Gasteiger partial charge in [-0.2, -0.15) is 0 Å². The van der Waals surface area contributed by atoms with E-state index in [0.717, 1.165) is 18.8 Å². The summed E-state index contributed by atoms with van der Waals surface area (Å²) >= 11 is 0. The van der Waals surface area contributed by atoms with Crippen molar-refractivity contribution in [3.63, 3.8) is 0 Å². The van der Waals surface area contributed by atoms with Gasteiger partial charge in [-0.1, -0.05) is 12.5 Å². The number of piperidine rings is 1. The summed E-state index contributed by atoms with van der Waals surface area (Å²) in [5.41, 5.74) is 8.53. The van der Waals surface area contributed by atoms with Gasteiger partial charge in [0.15, 0.2) is 0 Å². The van der Waals surface area contributed by atoms with Crippen molar-refractivity contribution in [1.82, 2.24) is 4.90 Å². The maximum Gasteiger partial charge on any atom is 0.119 e. The van der Waals surface area contributed by atoms with Gasteiger partial charge in [0, 0.05) is 6.04 Å². The maximum atomic E-state index is 5.76. The molecule has 1 aliphatic carbocycles. The highest BCUT2D eigenvalue weighted by atomic mass is 16.5. The third kappa shape index (κ3) is 2.99. The second-order valence-corrected chi connectivity index (χ2v) is 6.00. The summed E-state index contributed by atoms with van der Waals surface area (Å²) in [7, 11) is 0. The van der Waals surface area contributed by atoms with Crippen LogP contribution in [0.25, 0.3) is 0 Å². The molecule has 1 fully saturated rings. The average Bonchev–Trinajstić information content (AvgIpc) is 2.91. The SMILES string of the molecule is NCCCOc1ccc2c(c1)CCC2N1CCCCC1. The van der Waals surface area contributed by atoms with Crippen LogP contribution in [-0.4, -0.2) is 31.1 Å². The quantitative estimate of drug-likeness (QED) is 0.839. The van der Waals surface area contributed by atoms with Gasteiger partial charge in [0.2, 0.25) is 0 Å². The molecule has 0 amide bonds. The molecule has 110 valence electrons. The number of ether oxygens (including phenoxy) is 1. The van der Waals surface area contributed by atoms with Gasteiger partial charge >= 0.3 is 0 Å². The van der Waals surface area contributed by atoms with Gasteiger partial charge in [0.1, 0.15) is 5.75 Å². The van der Waals surface area contributed by atoms with Crippen LogP contribution in [0.15, 0.2) is 18.2 Å². The van der Waals surface area contributed by atoms with E-state index in [-0.39, 0.29) is 0 Å². The fourth-order valence-electron chi connectivity index (χ4n) is 3.54. The van der Waals surface area contributed by atoms with Crippen LogP contribution in [0, 0.1) is 0 Å². The Bertz CT molecular complexity index is 441. The highest BCUT2D eigenvalue weighted by Crippen LogP contribution is 2.38. The lowest BCUT2D eigenvalue weighted by molar-refractivity contribution is 0.163. The molecule has 2 aliphatic rings. The van der Waals surface area contributed by atoms with Gasteiger partial charge in [-0.15, -0.1) is 0 Å². The lowest BCUT2D eigenvalue weighted by Crippen LogP contribution is -2.32. The Morgan fingerprint density at radius 1 is 1.20 bits per heavy atom. The van der Waals surface area contributed by atoms with E-state index < -0.39 is 0 Å². The molecule has 0 radical (unpaired) electrons. The zero-order valence-electron chi connectivity index (χ0n) is 12.3. The highest BCUT2D eigenvalue weighted by molar-refractivity contribution is 5.40. The van der Waals surface area contributed by atoms with Crippen LogP contribution in [0.1, 0.15) is 49.3 Å². The summed E-state index contributed by atoms with van der Waals surface area (Å²) < 4.78 is 5.76. The highest BCUT2D eigenvalue weighted by Gasteiger charge is 2.28. The van der Waals surface area contributed by atoms with Crippen molar-refractivity contribution in [1.29, 1.82) is 0 Å². The molecule has 2 N–H and O–H groups in total. The summed E-state index contributed by atoms with van der Waals surface area (Å²) in [6.07, 6.45) is 7.54. The first-order valence-corrected chi connectivity index (χ1v) is 8.08. The molecule has 3 heteroatoms. The fraction of sp³-hybridized carbons (Fsp3) is 0.647. The molecule has 1 aliphatic heterocycles. The lowest BCUT2D eigenvalue weighted by Gasteiger charge is -2.32. The van der Waals surface area contributed by atoms with Gasteiger partial charge in [0.25, 0.3) is 0 Å². The largest absolute Gasteiger partial charge is 0.494 e. The van der Waals surface area contributed by atoms with E-state index in [1.54, 1.807) is 0 Å². The molecule has 20 heavy (non-hydrogen) atoms. The number of likely N-dealkylation sites (tertiary alicyclic amines) is 1. The van der Waals surface area contributed by atoms with Crippen molar-refractivity contribution in [2.45, 2.75) is 44.6 Å². The van der Waals surface area contributed by atoms with Crippen LogP contribution in [-0.2, 0) is 6.42 Å². The second-order valence-electron chi connectivity index (χ2n) is 6.00. The fourth-order valence-corrected chi connectivity index (χ4v) is 3.54. The molecule has 1 unspecified atom stereocenters. The van der Waals surface area contributed by atoms with E-state index in [9.17, 15) is 0 Å². The smallest absolute Gasteiger partial charge is 0.119 e. The topological polar surface area (TPSA) is 38.5 Å². The van der Waals surface area contributed by atoms with Crippen LogP contribution >= 0.6 is 0 Å². The molecule has 1 saturated heterocycles. The van der Waals surface area contributed by atoms with Crippen molar-refractivity contribution < 1.29 is 4.74 Å². The molecule has 0 aromatic heterocycles. The zero-order valence-corrected chi connectivity index (χ0v) is 12.3. The first-order valence-electron chi connectivity index (χ1n) is 8.08. The molecule has 3 nitrogen and oxygen atoms in total. The third-order valence-corrected chi connectivity index (χ3v) is 4.61. The van der Waals surface area contributed by atoms with Crippen molar-refractivity contribution in [3.05, 3.63) is 29.3 Å². The van der Waals surface area contributed by atoms with Crippen LogP contribution in [0.3, 0.4) is 0 Å². The Kier molecular flexibility index (Phi) is 4.58. The molecular formula is C17H26N2O. The second kappa shape index (κ2) is 6.59. The Morgan fingerprint density at radius 2 is 2.05 bits per heavy atom. The molecule has 3 rings (SSSR count). The molecule has 0 saturated carbocycles. The van der Waals surface area contributed by atoms with Crippen LogP contribution in [0.2, 0.25) is 0 Å². The maximum absolute atomic E-state index is 5.76. The minimum atomic E-state index is 0.656. The number of nitrogens with two attached hydrogens (primary N) is 1. The Balaban J connectivity index is 1.67. The van der Waals surface area contributed by atoms with Gasteiger partial charge in [-0.3, -0.25) is 4.90 Å². The molecule has 1 aromatic rings.